The lowest BCUT2D eigenvalue weighted by Crippen LogP contribution is -2.45. The molecule has 9 heteroatoms. The second-order valence-electron chi connectivity index (χ2n) is 4.61. The van der Waals surface area contributed by atoms with Crippen LogP contribution in [-0.4, -0.2) is 50.1 Å². The zero-order valence-corrected chi connectivity index (χ0v) is 12.7. The van der Waals surface area contributed by atoms with E-state index in [1.165, 1.54) is 0 Å². The van der Waals surface area contributed by atoms with Crippen LogP contribution in [0.1, 0.15) is 25.7 Å². The fraction of sp³-hybridized carbons (Fsp3) is 0.889. The Morgan fingerprint density at radius 1 is 1.28 bits per heavy atom. The van der Waals surface area contributed by atoms with Gasteiger partial charge in [-0.15, -0.1) is 0 Å². The monoisotopic (exact) mass is 314 g/mol. The summed E-state index contributed by atoms with van der Waals surface area (Å²) in [5.74, 6) is 0. The maximum atomic E-state index is 12.1. The number of hydrogen-bond donors (Lipinski definition) is 1. The van der Waals surface area contributed by atoms with Gasteiger partial charge < -0.3 is 5.73 Å². The maximum Gasteiger partial charge on any atom is 0.229 e. The van der Waals surface area contributed by atoms with Crippen molar-refractivity contribution >= 4 is 37.1 Å². The van der Waals surface area contributed by atoms with Gasteiger partial charge in [0.25, 0.3) is 0 Å². The molecule has 0 aliphatic heterocycles. The molecule has 0 radical (unpaired) electrons. The number of hydrogen-bond acceptors (Lipinski definition) is 5. The molecule has 0 aromatic heterocycles. The summed E-state index contributed by atoms with van der Waals surface area (Å²) in [7, 11) is -7.49. The molecule has 6 nitrogen and oxygen atoms in total. The van der Waals surface area contributed by atoms with Gasteiger partial charge in [0.05, 0.1) is 11.5 Å². The molecule has 0 spiro atoms. The molecule has 2 N–H and O–H groups in total. The molecule has 0 amide bonds. The molecule has 0 atom stereocenters. The van der Waals surface area contributed by atoms with Crippen LogP contribution in [0.15, 0.2) is 0 Å². The topological polar surface area (TPSA) is 97.5 Å². The van der Waals surface area contributed by atoms with Crippen molar-refractivity contribution in [2.45, 2.75) is 31.7 Å². The van der Waals surface area contributed by atoms with Gasteiger partial charge in [0.15, 0.2) is 14.9 Å². The highest BCUT2D eigenvalue weighted by Gasteiger charge is 2.34. The van der Waals surface area contributed by atoms with Gasteiger partial charge in [0.1, 0.15) is 0 Å². The number of thiocarbonyl (C=S) groups is 1. The van der Waals surface area contributed by atoms with E-state index in [1.807, 2.05) is 0 Å². The van der Waals surface area contributed by atoms with Crippen molar-refractivity contribution in [1.29, 1.82) is 0 Å². The molecule has 0 saturated heterocycles. The SMILES string of the molecule is CS(=O)(=O)CS(=O)(=O)N(CC(N)=S)C1CCCC1. The van der Waals surface area contributed by atoms with Crippen LogP contribution >= 0.6 is 12.2 Å². The minimum atomic E-state index is -3.88. The summed E-state index contributed by atoms with van der Waals surface area (Å²) in [6, 6.07) is -0.182. The van der Waals surface area contributed by atoms with Crippen LogP contribution in [0, 0.1) is 0 Å². The highest BCUT2D eigenvalue weighted by Crippen LogP contribution is 2.26. The molecule has 1 aliphatic carbocycles. The lowest BCUT2D eigenvalue weighted by molar-refractivity contribution is 0.357. The molecule has 1 saturated carbocycles. The van der Waals surface area contributed by atoms with Gasteiger partial charge in [0.2, 0.25) is 10.0 Å². The number of rotatable bonds is 6. The van der Waals surface area contributed by atoms with Gasteiger partial charge >= 0.3 is 0 Å². The molecule has 18 heavy (non-hydrogen) atoms. The Morgan fingerprint density at radius 3 is 2.17 bits per heavy atom. The summed E-state index contributed by atoms with van der Waals surface area (Å²) < 4.78 is 47.7. The van der Waals surface area contributed by atoms with Crippen LogP contribution in [0.25, 0.3) is 0 Å². The van der Waals surface area contributed by atoms with Crippen molar-refractivity contribution in [3.05, 3.63) is 0 Å². The molecule has 0 aromatic carbocycles. The second-order valence-corrected chi connectivity index (χ2v) is 9.56. The van der Waals surface area contributed by atoms with E-state index in [1.54, 1.807) is 0 Å². The summed E-state index contributed by atoms with van der Waals surface area (Å²) in [6.45, 7) is -0.0855. The zero-order chi connectivity index (χ0) is 14.0. The quantitative estimate of drug-likeness (QED) is 0.685. The van der Waals surface area contributed by atoms with Crippen LogP contribution in [0.4, 0.5) is 0 Å². The average Bonchev–Trinajstić information content (AvgIpc) is 2.61. The van der Waals surface area contributed by atoms with Crippen molar-refractivity contribution in [1.82, 2.24) is 4.31 Å². The third kappa shape index (κ3) is 4.79. The van der Waals surface area contributed by atoms with Gasteiger partial charge in [-0.2, -0.15) is 4.31 Å². The Balaban J connectivity index is 2.97. The average molecular weight is 314 g/mol. The summed E-state index contributed by atoms with van der Waals surface area (Å²) in [5, 5.41) is -0.890. The van der Waals surface area contributed by atoms with Crippen LogP contribution in [-0.2, 0) is 19.9 Å². The molecule has 1 fully saturated rings. The van der Waals surface area contributed by atoms with E-state index in [2.05, 4.69) is 0 Å². The molecular weight excluding hydrogens is 296 g/mol. The first-order valence-electron chi connectivity index (χ1n) is 5.57. The van der Waals surface area contributed by atoms with Gasteiger partial charge in [-0.1, -0.05) is 25.1 Å². The Morgan fingerprint density at radius 2 is 1.78 bits per heavy atom. The van der Waals surface area contributed by atoms with E-state index >= 15 is 0 Å². The van der Waals surface area contributed by atoms with E-state index in [0.29, 0.717) is 0 Å². The zero-order valence-electron chi connectivity index (χ0n) is 10.2. The Kier molecular flexibility index (Phi) is 5.10. The van der Waals surface area contributed by atoms with Crippen molar-refractivity contribution in [2.75, 3.05) is 17.9 Å². The largest absolute Gasteiger partial charge is 0.392 e. The molecule has 0 heterocycles. The fourth-order valence-corrected chi connectivity index (χ4v) is 6.07. The summed E-state index contributed by atoms with van der Waals surface area (Å²) in [4.78, 5) is 0.0546. The Hall–Kier alpha value is -0.250. The Labute approximate surface area is 113 Å². The predicted octanol–water partition coefficient (Wildman–Crippen LogP) is -0.151. The first-order valence-corrected chi connectivity index (χ1v) is 9.65. The summed E-state index contributed by atoms with van der Waals surface area (Å²) >= 11 is 4.74. The lowest BCUT2D eigenvalue weighted by atomic mass is 10.2. The van der Waals surface area contributed by atoms with E-state index in [-0.39, 0.29) is 17.6 Å². The van der Waals surface area contributed by atoms with Crippen LogP contribution in [0.5, 0.6) is 0 Å². The highest BCUT2D eigenvalue weighted by molar-refractivity contribution is 8.06. The number of nitrogens with two attached hydrogens (primary N) is 1. The molecule has 0 unspecified atom stereocenters. The fourth-order valence-electron chi connectivity index (χ4n) is 2.14. The third-order valence-electron chi connectivity index (χ3n) is 2.76. The van der Waals surface area contributed by atoms with Gasteiger partial charge in [-0.3, -0.25) is 0 Å². The summed E-state index contributed by atoms with van der Waals surface area (Å²) in [6.07, 6.45) is 4.23. The smallest absolute Gasteiger partial charge is 0.229 e. The highest BCUT2D eigenvalue weighted by atomic mass is 32.3. The van der Waals surface area contributed by atoms with E-state index in [4.69, 9.17) is 18.0 Å². The first kappa shape index (κ1) is 15.8. The minimum absolute atomic E-state index is 0.0546. The lowest BCUT2D eigenvalue weighted by Gasteiger charge is -2.27. The minimum Gasteiger partial charge on any atom is -0.392 e. The molecule has 0 bridgehead atoms. The van der Waals surface area contributed by atoms with Crippen molar-refractivity contribution in [3.63, 3.8) is 0 Å². The third-order valence-corrected chi connectivity index (χ3v) is 6.94. The normalized spacial score (nSPS) is 18.3. The van der Waals surface area contributed by atoms with E-state index in [9.17, 15) is 16.8 Å². The van der Waals surface area contributed by atoms with E-state index < -0.39 is 24.9 Å². The number of sulfone groups is 1. The van der Waals surface area contributed by atoms with Crippen LogP contribution in [0.3, 0.4) is 0 Å². The number of sulfonamides is 1. The molecule has 106 valence electrons. The van der Waals surface area contributed by atoms with Crippen LogP contribution in [0.2, 0.25) is 0 Å². The van der Waals surface area contributed by atoms with Crippen molar-refractivity contribution in [3.8, 4) is 0 Å². The Bertz CT molecular complexity index is 506. The maximum absolute atomic E-state index is 12.1. The molecular formula is C9H18N2O4S3. The summed E-state index contributed by atoms with van der Waals surface area (Å²) in [5.41, 5.74) is 5.40. The van der Waals surface area contributed by atoms with Gasteiger partial charge in [-0.05, 0) is 12.8 Å². The predicted molar refractivity (Wildman–Crippen MR) is 74.4 cm³/mol. The molecule has 0 aromatic rings. The molecule has 1 aliphatic rings. The van der Waals surface area contributed by atoms with Gasteiger partial charge in [-0.25, -0.2) is 16.8 Å². The second kappa shape index (κ2) is 5.81. The van der Waals surface area contributed by atoms with Crippen LogP contribution < -0.4 is 5.73 Å². The van der Waals surface area contributed by atoms with Gasteiger partial charge in [0, 0.05) is 12.3 Å². The molecule has 1 rings (SSSR count). The number of nitrogens with zero attached hydrogens (tertiary/aromatic N) is 1. The standard InChI is InChI=1S/C9H18N2O4S3/c1-17(12,13)7-18(14,15)11(6-9(10)16)8-4-2-3-5-8/h8H,2-7H2,1H3,(H2,10,16). The first-order chi connectivity index (χ1) is 8.12. The van der Waals surface area contributed by atoms with E-state index in [0.717, 1.165) is 36.2 Å². The van der Waals surface area contributed by atoms with Crippen molar-refractivity contribution in [2.24, 2.45) is 5.73 Å². The van der Waals surface area contributed by atoms with Crippen molar-refractivity contribution < 1.29 is 16.8 Å².